The van der Waals surface area contributed by atoms with Crippen molar-refractivity contribution < 1.29 is 9.59 Å². The van der Waals surface area contributed by atoms with Crippen LogP contribution in [0.5, 0.6) is 0 Å². The third-order valence-corrected chi connectivity index (χ3v) is 6.34. The fraction of sp³-hybridized carbons (Fsp3) is 0.280. The van der Waals surface area contributed by atoms with E-state index in [1.165, 1.54) is 24.3 Å². The molecular weight excluding hydrogens is 464 g/mol. The molecule has 0 radical (unpaired) electrons. The van der Waals surface area contributed by atoms with Crippen molar-refractivity contribution in [3.05, 3.63) is 78.8 Å². The smallest absolute Gasteiger partial charge is 0.272 e. The molecule has 0 atom stereocenters. The normalized spacial score (nSPS) is 13.6. The van der Waals surface area contributed by atoms with Crippen molar-refractivity contribution >= 4 is 39.2 Å². The summed E-state index contributed by atoms with van der Waals surface area (Å²) in [6.45, 7) is 0.278. The number of hydrogen-bond acceptors (Lipinski definition) is 6. The van der Waals surface area contributed by atoms with Gasteiger partial charge in [-0.25, -0.2) is 4.98 Å². The minimum Gasteiger partial charge on any atom is -0.343 e. The van der Waals surface area contributed by atoms with Gasteiger partial charge in [-0.05, 0) is 43.2 Å². The van der Waals surface area contributed by atoms with Crippen LogP contribution in [-0.4, -0.2) is 38.1 Å². The first-order chi connectivity index (χ1) is 17.4. The van der Waals surface area contributed by atoms with Gasteiger partial charge in [-0.3, -0.25) is 38.7 Å². The Morgan fingerprint density at radius 3 is 2.61 bits per heavy atom. The lowest BCUT2D eigenvalue weighted by Crippen LogP contribution is -2.33. The molecule has 3 heterocycles. The van der Waals surface area contributed by atoms with Gasteiger partial charge in [0.05, 0.1) is 33.9 Å². The van der Waals surface area contributed by atoms with Crippen molar-refractivity contribution in [2.45, 2.75) is 38.6 Å². The van der Waals surface area contributed by atoms with Gasteiger partial charge in [0.1, 0.15) is 5.82 Å². The van der Waals surface area contributed by atoms with Crippen LogP contribution in [0.2, 0.25) is 0 Å². The van der Waals surface area contributed by atoms with Crippen LogP contribution in [0.15, 0.2) is 50.8 Å². The zero-order valence-corrected chi connectivity index (χ0v) is 19.3. The van der Waals surface area contributed by atoms with Crippen LogP contribution in [0, 0.1) is 0 Å². The van der Waals surface area contributed by atoms with Crippen LogP contribution in [0.1, 0.15) is 41.9 Å². The number of nitrogens with one attached hydrogen (secondary N) is 4. The Morgan fingerprint density at radius 1 is 0.944 bits per heavy atom. The lowest BCUT2D eigenvalue weighted by molar-refractivity contribution is -0.115. The van der Waals surface area contributed by atoms with Crippen LogP contribution in [0.3, 0.4) is 0 Å². The molecule has 0 saturated carbocycles. The van der Waals surface area contributed by atoms with Crippen molar-refractivity contribution in [3.8, 4) is 0 Å². The zero-order valence-electron chi connectivity index (χ0n) is 19.3. The van der Waals surface area contributed by atoms with Gasteiger partial charge >= 0.3 is 0 Å². The van der Waals surface area contributed by atoms with Crippen LogP contribution in [-0.2, 0) is 17.8 Å². The standard InChI is InChI=1S/C25H24N6O5/c32-20(28-17-7-5-6-16-21(17)24(35)30-29-23(16)34)13-26-22(33)14-9-10-15-18(12-14)27-19-8-3-1-2-4-11-31(19)25(15)36/h5-7,9-10,12H,1-4,8,11,13H2,(H,26,33)(H,28,32)(H,29,34)(H,30,35). The van der Waals surface area contributed by atoms with Crippen molar-refractivity contribution in [2.75, 3.05) is 11.9 Å². The molecule has 0 fully saturated rings. The minimum absolute atomic E-state index is 0.0441. The molecule has 0 saturated heterocycles. The average molecular weight is 489 g/mol. The summed E-state index contributed by atoms with van der Waals surface area (Å²) in [7, 11) is 0. The summed E-state index contributed by atoms with van der Waals surface area (Å²) >= 11 is 0. The maximum Gasteiger partial charge on any atom is 0.272 e. The number of aromatic amines is 2. The molecule has 4 aromatic rings. The van der Waals surface area contributed by atoms with Crippen LogP contribution >= 0.6 is 0 Å². The molecule has 0 spiro atoms. The number of amides is 2. The molecule has 2 aromatic carbocycles. The number of nitrogens with zero attached hydrogens (tertiary/aromatic N) is 2. The van der Waals surface area contributed by atoms with Gasteiger partial charge in [-0.1, -0.05) is 18.9 Å². The highest BCUT2D eigenvalue weighted by molar-refractivity contribution is 6.04. The fourth-order valence-corrected chi connectivity index (χ4v) is 4.53. The minimum atomic E-state index is -0.575. The molecule has 4 N–H and O–H groups in total. The maximum atomic E-state index is 13.0. The zero-order chi connectivity index (χ0) is 25.2. The molecule has 5 rings (SSSR count). The number of H-pyrrole nitrogens is 2. The molecule has 11 heteroatoms. The number of hydrogen-bond donors (Lipinski definition) is 4. The monoisotopic (exact) mass is 488 g/mol. The third-order valence-electron chi connectivity index (χ3n) is 6.34. The van der Waals surface area contributed by atoms with Crippen LogP contribution in [0.25, 0.3) is 21.7 Å². The van der Waals surface area contributed by atoms with E-state index in [9.17, 15) is 24.0 Å². The van der Waals surface area contributed by atoms with E-state index < -0.39 is 22.9 Å². The molecular formula is C25H24N6O5. The number of aryl methyl sites for hydroxylation is 1. The van der Waals surface area contributed by atoms with Gasteiger partial charge in [0.2, 0.25) is 5.91 Å². The average Bonchev–Trinajstić information content (AvgIpc) is 2.86. The van der Waals surface area contributed by atoms with Gasteiger partial charge in [-0.15, -0.1) is 0 Å². The van der Waals surface area contributed by atoms with E-state index in [-0.39, 0.29) is 34.1 Å². The highest BCUT2D eigenvalue weighted by Crippen LogP contribution is 2.18. The van der Waals surface area contributed by atoms with E-state index in [4.69, 9.17) is 0 Å². The molecule has 11 nitrogen and oxygen atoms in total. The SMILES string of the molecule is O=C(CNC(=O)c1ccc2c(=O)n3c(nc2c1)CCCCCC3)Nc1cccc2c(=O)[nH][nH]c(=O)c12. The Bertz CT molecular complexity index is 1680. The summed E-state index contributed by atoms with van der Waals surface area (Å²) in [5.74, 6) is -0.352. The second-order valence-electron chi connectivity index (χ2n) is 8.75. The molecule has 0 aliphatic carbocycles. The van der Waals surface area contributed by atoms with E-state index in [1.54, 1.807) is 16.7 Å². The summed E-state index contributed by atoms with van der Waals surface area (Å²) in [5.41, 5.74) is -0.281. The van der Waals surface area contributed by atoms with Crippen molar-refractivity contribution in [2.24, 2.45) is 0 Å². The fourth-order valence-electron chi connectivity index (χ4n) is 4.53. The quantitative estimate of drug-likeness (QED) is 0.340. The summed E-state index contributed by atoms with van der Waals surface area (Å²) in [6, 6.07) is 9.19. The second kappa shape index (κ2) is 9.61. The lowest BCUT2D eigenvalue weighted by Gasteiger charge is -2.16. The largest absolute Gasteiger partial charge is 0.343 e. The summed E-state index contributed by atoms with van der Waals surface area (Å²) in [6.07, 6.45) is 4.80. The molecule has 0 unspecified atom stereocenters. The van der Waals surface area contributed by atoms with Gasteiger partial charge < -0.3 is 10.6 Å². The number of carbonyl (C=O) groups excluding carboxylic acids is 2. The first-order valence-corrected chi connectivity index (χ1v) is 11.8. The number of aromatic nitrogens is 4. The van der Waals surface area contributed by atoms with Crippen molar-refractivity contribution in [3.63, 3.8) is 0 Å². The molecule has 1 aliphatic heterocycles. The Hall–Kier alpha value is -4.54. The van der Waals surface area contributed by atoms with E-state index in [0.29, 0.717) is 23.9 Å². The highest BCUT2D eigenvalue weighted by Gasteiger charge is 2.16. The summed E-state index contributed by atoms with van der Waals surface area (Å²) in [4.78, 5) is 67.0. The number of anilines is 1. The van der Waals surface area contributed by atoms with E-state index in [2.05, 4.69) is 25.8 Å². The Kier molecular flexibility index (Phi) is 6.19. The summed E-state index contributed by atoms with van der Waals surface area (Å²) < 4.78 is 1.73. The molecule has 184 valence electrons. The van der Waals surface area contributed by atoms with E-state index in [0.717, 1.165) is 31.5 Å². The number of benzene rings is 2. The molecule has 0 bridgehead atoms. The van der Waals surface area contributed by atoms with Crippen LogP contribution in [0.4, 0.5) is 5.69 Å². The number of fused-ring (bicyclic) bond motifs is 3. The first-order valence-electron chi connectivity index (χ1n) is 11.8. The van der Waals surface area contributed by atoms with Crippen molar-refractivity contribution in [1.29, 1.82) is 0 Å². The molecule has 1 aliphatic rings. The van der Waals surface area contributed by atoms with Gasteiger partial charge in [0.25, 0.3) is 22.6 Å². The van der Waals surface area contributed by atoms with E-state index >= 15 is 0 Å². The predicted molar refractivity (Wildman–Crippen MR) is 134 cm³/mol. The van der Waals surface area contributed by atoms with Gasteiger partial charge in [0.15, 0.2) is 0 Å². The Morgan fingerprint density at radius 2 is 1.75 bits per heavy atom. The molecule has 2 amide bonds. The predicted octanol–water partition coefficient (Wildman–Crippen LogP) is 1.41. The number of carbonyl (C=O) groups is 2. The molecule has 2 aromatic heterocycles. The lowest BCUT2D eigenvalue weighted by atomic mass is 10.1. The Labute approximate surface area is 203 Å². The summed E-state index contributed by atoms with van der Waals surface area (Å²) in [5, 5.41) is 10.2. The van der Waals surface area contributed by atoms with Gasteiger partial charge in [0, 0.05) is 18.5 Å². The van der Waals surface area contributed by atoms with Gasteiger partial charge in [-0.2, -0.15) is 0 Å². The maximum absolute atomic E-state index is 13.0. The highest BCUT2D eigenvalue weighted by atomic mass is 16.2. The Balaban J connectivity index is 1.33. The third kappa shape index (κ3) is 4.42. The number of rotatable bonds is 4. The van der Waals surface area contributed by atoms with E-state index in [1.807, 2.05) is 0 Å². The molecule has 36 heavy (non-hydrogen) atoms. The first kappa shape index (κ1) is 23.2. The second-order valence-corrected chi connectivity index (χ2v) is 8.75. The topological polar surface area (TPSA) is 159 Å². The van der Waals surface area contributed by atoms with Crippen LogP contribution < -0.4 is 27.3 Å². The van der Waals surface area contributed by atoms with Crippen molar-refractivity contribution in [1.82, 2.24) is 25.1 Å².